The highest BCUT2D eigenvalue weighted by Gasteiger charge is 2.13. The fourth-order valence-corrected chi connectivity index (χ4v) is 3.23. The van der Waals surface area contributed by atoms with Gasteiger partial charge in [-0.3, -0.25) is 4.79 Å². The SMILES string of the molecule is CCOc1ccc2ccccc2c1/C=C(/C#N)C(=O)NCCCc1ccccc1. The third-order valence-electron chi connectivity index (χ3n) is 4.65. The molecule has 0 saturated heterocycles. The molecule has 0 atom stereocenters. The number of carbonyl (C=O) groups excluding carboxylic acids is 1. The number of nitrogens with one attached hydrogen (secondary N) is 1. The Balaban J connectivity index is 1.76. The number of carbonyl (C=O) groups is 1. The molecule has 0 unspecified atom stereocenters. The molecule has 1 amide bonds. The van der Waals surface area contributed by atoms with Crippen LogP contribution < -0.4 is 10.1 Å². The molecule has 29 heavy (non-hydrogen) atoms. The summed E-state index contributed by atoms with van der Waals surface area (Å²) in [5.74, 6) is 0.298. The van der Waals surface area contributed by atoms with Crippen molar-refractivity contribution in [2.45, 2.75) is 19.8 Å². The van der Waals surface area contributed by atoms with Gasteiger partial charge in [-0.1, -0.05) is 60.7 Å². The normalized spacial score (nSPS) is 11.1. The van der Waals surface area contributed by atoms with Crippen LogP contribution in [0, 0.1) is 11.3 Å². The molecule has 0 aliphatic rings. The van der Waals surface area contributed by atoms with Crippen LogP contribution in [0.5, 0.6) is 5.75 Å². The van der Waals surface area contributed by atoms with Gasteiger partial charge in [0.15, 0.2) is 0 Å². The summed E-state index contributed by atoms with van der Waals surface area (Å²) in [6.07, 6.45) is 3.32. The molecule has 4 heteroatoms. The third kappa shape index (κ3) is 5.24. The number of fused-ring (bicyclic) bond motifs is 1. The first kappa shape index (κ1) is 20.2. The summed E-state index contributed by atoms with van der Waals surface area (Å²) in [6, 6.07) is 23.9. The number of rotatable bonds is 8. The Hall–Kier alpha value is -3.58. The molecule has 0 bridgehead atoms. The van der Waals surface area contributed by atoms with Crippen LogP contribution in [-0.4, -0.2) is 19.1 Å². The lowest BCUT2D eigenvalue weighted by atomic mass is 10.0. The van der Waals surface area contributed by atoms with Crippen molar-refractivity contribution < 1.29 is 9.53 Å². The van der Waals surface area contributed by atoms with Gasteiger partial charge in [0.25, 0.3) is 5.91 Å². The number of ether oxygens (including phenoxy) is 1. The highest BCUT2D eigenvalue weighted by molar-refractivity contribution is 6.04. The van der Waals surface area contributed by atoms with E-state index in [0.717, 1.165) is 29.2 Å². The van der Waals surface area contributed by atoms with Crippen LogP contribution in [0.4, 0.5) is 0 Å². The van der Waals surface area contributed by atoms with Crippen molar-refractivity contribution in [3.05, 3.63) is 83.4 Å². The van der Waals surface area contributed by atoms with E-state index in [0.29, 0.717) is 18.9 Å². The van der Waals surface area contributed by atoms with Crippen molar-refractivity contribution >= 4 is 22.8 Å². The minimum absolute atomic E-state index is 0.0713. The zero-order chi connectivity index (χ0) is 20.5. The van der Waals surface area contributed by atoms with Gasteiger partial charge in [0, 0.05) is 12.1 Å². The Kier molecular flexibility index (Phi) is 7.02. The summed E-state index contributed by atoms with van der Waals surface area (Å²) in [5.41, 5.74) is 2.05. The van der Waals surface area contributed by atoms with E-state index in [2.05, 4.69) is 17.4 Å². The van der Waals surface area contributed by atoms with Crippen LogP contribution in [0.3, 0.4) is 0 Å². The number of hydrogen-bond acceptors (Lipinski definition) is 3. The van der Waals surface area contributed by atoms with Crippen molar-refractivity contribution in [3.8, 4) is 11.8 Å². The van der Waals surface area contributed by atoms with E-state index in [9.17, 15) is 10.1 Å². The first-order valence-corrected chi connectivity index (χ1v) is 9.81. The molecule has 0 aliphatic carbocycles. The number of aryl methyl sites for hydroxylation is 1. The molecule has 0 spiro atoms. The second kappa shape index (κ2) is 10.1. The number of benzene rings is 3. The Morgan fingerprint density at radius 3 is 2.59 bits per heavy atom. The smallest absolute Gasteiger partial charge is 0.261 e. The fourth-order valence-electron chi connectivity index (χ4n) is 3.23. The van der Waals surface area contributed by atoms with Gasteiger partial charge in [0.2, 0.25) is 0 Å². The topological polar surface area (TPSA) is 62.1 Å². The Labute approximate surface area is 171 Å². The summed E-state index contributed by atoms with van der Waals surface area (Å²) in [4.78, 5) is 12.6. The molecule has 146 valence electrons. The van der Waals surface area contributed by atoms with Crippen molar-refractivity contribution in [1.29, 1.82) is 5.26 Å². The van der Waals surface area contributed by atoms with E-state index in [1.54, 1.807) is 6.08 Å². The summed E-state index contributed by atoms with van der Waals surface area (Å²) in [6.45, 7) is 2.93. The molecule has 0 heterocycles. The van der Waals surface area contributed by atoms with Crippen LogP contribution in [0.25, 0.3) is 16.8 Å². The molecular weight excluding hydrogens is 360 g/mol. The van der Waals surface area contributed by atoms with Crippen LogP contribution >= 0.6 is 0 Å². The zero-order valence-corrected chi connectivity index (χ0v) is 16.5. The highest BCUT2D eigenvalue weighted by Crippen LogP contribution is 2.30. The average molecular weight is 384 g/mol. The monoisotopic (exact) mass is 384 g/mol. The maximum absolute atomic E-state index is 12.6. The third-order valence-corrected chi connectivity index (χ3v) is 4.65. The average Bonchev–Trinajstić information content (AvgIpc) is 2.76. The van der Waals surface area contributed by atoms with E-state index in [1.807, 2.05) is 67.6 Å². The van der Waals surface area contributed by atoms with Gasteiger partial charge in [-0.15, -0.1) is 0 Å². The molecule has 0 saturated carbocycles. The maximum atomic E-state index is 12.6. The number of nitriles is 1. The molecule has 3 aromatic carbocycles. The predicted molar refractivity (Wildman–Crippen MR) is 116 cm³/mol. The Morgan fingerprint density at radius 2 is 1.83 bits per heavy atom. The molecule has 3 rings (SSSR count). The van der Waals surface area contributed by atoms with Gasteiger partial charge in [-0.25, -0.2) is 0 Å². The molecule has 3 aromatic rings. The lowest BCUT2D eigenvalue weighted by molar-refractivity contribution is -0.117. The molecule has 0 aromatic heterocycles. The maximum Gasteiger partial charge on any atom is 0.261 e. The standard InChI is InChI=1S/C25H24N2O2/c1-2-29-24-15-14-20-12-6-7-13-22(20)23(24)17-21(18-26)25(28)27-16-8-11-19-9-4-3-5-10-19/h3-7,9-10,12-15,17H,2,8,11,16H2,1H3,(H,27,28)/b21-17-. The van der Waals surface area contributed by atoms with Crippen LogP contribution in [-0.2, 0) is 11.2 Å². The fraction of sp³-hybridized carbons (Fsp3) is 0.200. The van der Waals surface area contributed by atoms with E-state index >= 15 is 0 Å². The van der Waals surface area contributed by atoms with Crippen molar-refractivity contribution in [2.75, 3.05) is 13.2 Å². The first-order valence-electron chi connectivity index (χ1n) is 9.81. The van der Waals surface area contributed by atoms with Gasteiger partial charge in [0.1, 0.15) is 17.4 Å². The number of nitrogens with zero attached hydrogens (tertiary/aromatic N) is 1. The second-order valence-corrected chi connectivity index (χ2v) is 6.65. The van der Waals surface area contributed by atoms with E-state index in [4.69, 9.17) is 4.74 Å². The predicted octanol–water partition coefficient (Wildman–Crippen LogP) is 4.89. The van der Waals surface area contributed by atoms with Gasteiger partial charge in [-0.2, -0.15) is 5.26 Å². The van der Waals surface area contributed by atoms with E-state index in [1.165, 1.54) is 5.56 Å². The van der Waals surface area contributed by atoms with Gasteiger partial charge < -0.3 is 10.1 Å². The minimum atomic E-state index is -0.365. The first-order chi connectivity index (χ1) is 14.2. The zero-order valence-electron chi connectivity index (χ0n) is 16.5. The van der Waals surface area contributed by atoms with E-state index < -0.39 is 0 Å². The molecular formula is C25H24N2O2. The summed E-state index contributed by atoms with van der Waals surface area (Å²) in [5, 5.41) is 14.4. The van der Waals surface area contributed by atoms with Crippen LogP contribution in [0.15, 0.2) is 72.3 Å². The van der Waals surface area contributed by atoms with Gasteiger partial charge >= 0.3 is 0 Å². The van der Waals surface area contributed by atoms with E-state index in [-0.39, 0.29) is 11.5 Å². The highest BCUT2D eigenvalue weighted by atomic mass is 16.5. The van der Waals surface area contributed by atoms with Crippen molar-refractivity contribution in [3.63, 3.8) is 0 Å². The molecule has 0 aliphatic heterocycles. The summed E-state index contributed by atoms with van der Waals surface area (Å²) < 4.78 is 5.73. The molecule has 1 N–H and O–H groups in total. The largest absolute Gasteiger partial charge is 0.493 e. The van der Waals surface area contributed by atoms with Crippen LogP contribution in [0.2, 0.25) is 0 Å². The van der Waals surface area contributed by atoms with Gasteiger partial charge in [-0.05, 0) is 48.2 Å². The molecule has 0 fully saturated rings. The number of amides is 1. The summed E-state index contributed by atoms with van der Waals surface area (Å²) >= 11 is 0. The molecule has 0 radical (unpaired) electrons. The number of hydrogen-bond donors (Lipinski definition) is 1. The second-order valence-electron chi connectivity index (χ2n) is 6.65. The summed E-state index contributed by atoms with van der Waals surface area (Å²) in [7, 11) is 0. The van der Waals surface area contributed by atoms with Crippen LogP contribution in [0.1, 0.15) is 24.5 Å². The Morgan fingerprint density at radius 1 is 1.07 bits per heavy atom. The van der Waals surface area contributed by atoms with Gasteiger partial charge in [0.05, 0.1) is 6.61 Å². The lowest BCUT2D eigenvalue weighted by Gasteiger charge is -2.11. The Bertz CT molecular complexity index is 1050. The van der Waals surface area contributed by atoms with Crippen molar-refractivity contribution in [2.24, 2.45) is 0 Å². The molecule has 4 nitrogen and oxygen atoms in total. The van der Waals surface area contributed by atoms with Crippen molar-refractivity contribution in [1.82, 2.24) is 5.32 Å². The lowest BCUT2D eigenvalue weighted by Crippen LogP contribution is -2.25. The minimum Gasteiger partial charge on any atom is -0.493 e. The quantitative estimate of drug-likeness (QED) is 0.341.